The number of hydrogen-bond donors (Lipinski definition) is 1. The van der Waals surface area contributed by atoms with Gasteiger partial charge in [-0.3, -0.25) is 0 Å². The molecule has 1 heterocycles. The highest BCUT2D eigenvalue weighted by molar-refractivity contribution is 5.95. The number of aromatic nitrogens is 1. The largest absolute Gasteiger partial charge is 0.493 e. The van der Waals surface area contributed by atoms with E-state index in [4.69, 9.17) is 14.2 Å². The van der Waals surface area contributed by atoms with Gasteiger partial charge in [-0.2, -0.15) is 26.3 Å². The average molecular weight is 461 g/mol. The number of hydrogen-bond acceptors (Lipinski definition) is 4. The van der Waals surface area contributed by atoms with Crippen molar-refractivity contribution in [2.45, 2.75) is 25.9 Å². The first-order valence-corrected chi connectivity index (χ1v) is 9.21. The molecule has 172 valence electrons. The zero-order valence-electron chi connectivity index (χ0n) is 16.8. The lowest BCUT2D eigenvalue weighted by Gasteiger charge is -2.15. The molecule has 0 saturated heterocycles. The predicted molar refractivity (Wildman–Crippen MR) is 102 cm³/mol. The fourth-order valence-corrected chi connectivity index (χ4v) is 2.99. The molecule has 2 aromatic carbocycles. The molecule has 0 atom stereocenters. The maximum atomic E-state index is 13.0. The number of methoxy groups -OCH3 is 1. The second-order valence-electron chi connectivity index (χ2n) is 6.70. The van der Waals surface area contributed by atoms with Gasteiger partial charge in [-0.15, -0.1) is 0 Å². The van der Waals surface area contributed by atoms with Gasteiger partial charge >= 0.3 is 18.3 Å². The number of alkyl halides is 6. The summed E-state index contributed by atoms with van der Waals surface area (Å²) in [4.78, 5) is 14.7. The smallest absolute Gasteiger partial charge is 0.416 e. The van der Waals surface area contributed by atoms with E-state index >= 15 is 0 Å². The minimum Gasteiger partial charge on any atom is -0.493 e. The van der Waals surface area contributed by atoms with E-state index in [-0.39, 0.29) is 35.4 Å². The van der Waals surface area contributed by atoms with Crippen LogP contribution in [-0.4, -0.2) is 24.7 Å². The van der Waals surface area contributed by atoms with Gasteiger partial charge in [0.05, 0.1) is 30.4 Å². The first-order valence-electron chi connectivity index (χ1n) is 9.21. The van der Waals surface area contributed by atoms with Crippen molar-refractivity contribution in [1.29, 1.82) is 0 Å². The number of rotatable bonds is 6. The van der Waals surface area contributed by atoms with Crippen LogP contribution in [0.2, 0.25) is 0 Å². The molecular formula is C21H17F6NO4. The van der Waals surface area contributed by atoms with Crippen molar-refractivity contribution in [3.63, 3.8) is 0 Å². The van der Waals surface area contributed by atoms with Gasteiger partial charge in [0.2, 0.25) is 0 Å². The van der Waals surface area contributed by atoms with Crippen LogP contribution in [0.3, 0.4) is 0 Å². The summed E-state index contributed by atoms with van der Waals surface area (Å²) in [5.74, 6) is -0.355. The molecule has 0 bridgehead atoms. The molecule has 32 heavy (non-hydrogen) atoms. The summed E-state index contributed by atoms with van der Waals surface area (Å²) in [6.07, 6.45) is -9.91. The topological polar surface area (TPSA) is 60.6 Å². The van der Waals surface area contributed by atoms with Crippen molar-refractivity contribution in [2.75, 3.05) is 13.7 Å². The lowest BCUT2D eigenvalue weighted by molar-refractivity contribution is -0.143. The third kappa shape index (κ3) is 5.09. The van der Waals surface area contributed by atoms with E-state index in [1.54, 1.807) is 6.92 Å². The van der Waals surface area contributed by atoms with E-state index in [0.717, 1.165) is 0 Å². The molecule has 1 aromatic heterocycles. The summed E-state index contributed by atoms with van der Waals surface area (Å²) in [7, 11) is 1.31. The van der Waals surface area contributed by atoms with Crippen LogP contribution < -0.4 is 9.47 Å². The molecule has 0 aliphatic carbocycles. The molecule has 0 amide bonds. The van der Waals surface area contributed by atoms with Gasteiger partial charge in [0.1, 0.15) is 12.3 Å². The molecule has 1 N–H and O–H groups in total. The number of H-pyrrole nitrogens is 1. The second-order valence-corrected chi connectivity index (χ2v) is 6.70. The van der Waals surface area contributed by atoms with Crippen molar-refractivity contribution < 1.29 is 45.3 Å². The van der Waals surface area contributed by atoms with Crippen molar-refractivity contribution in [3.05, 3.63) is 58.8 Å². The van der Waals surface area contributed by atoms with Crippen LogP contribution in [0.5, 0.6) is 11.5 Å². The molecular weight excluding hydrogens is 444 g/mol. The van der Waals surface area contributed by atoms with E-state index in [1.807, 2.05) is 0 Å². The number of carbonyl (C=O) groups excluding carboxylic acids is 1. The minimum absolute atomic E-state index is 0.0485. The summed E-state index contributed by atoms with van der Waals surface area (Å²) in [6.45, 7) is 1.24. The lowest BCUT2D eigenvalue weighted by Crippen LogP contribution is -2.12. The van der Waals surface area contributed by atoms with Crippen molar-refractivity contribution in [3.8, 4) is 11.5 Å². The summed E-state index contributed by atoms with van der Waals surface area (Å²) in [5, 5.41) is 0.504. The Kier molecular flexibility index (Phi) is 6.29. The average Bonchev–Trinajstić information content (AvgIpc) is 3.13. The Morgan fingerprint density at radius 2 is 1.53 bits per heavy atom. The van der Waals surface area contributed by atoms with Crippen molar-refractivity contribution in [1.82, 2.24) is 4.98 Å². The van der Waals surface area contributed by atoms with Gasteiger partial charge in [-0.1, -0.05) is 0 Å². The summed E-state index contributed by atoms with van der Waals surface area (Å²) < 4.78 is 93.9. The Hall–Kier alpha value is -3.37. The van der Waals surface area contributed by atoms with Gasteiger partial charge < -0.3 is 19.2 Å². The molecule has 0 aliphatic rings. The maximum absolute atomic E-state index is 13.0. The SMILES string of the molecule is CCOC(=O)c1cc2cc(OCc3cc(C(F)(F)F)cc(C(F)(F)F)c3)c(OC)cc2[nH]1. The van der Waals surface area contributed by atoms with Crippen molar-refractivity contribution >= 4 is 16.9 Å². The number of nitrogens with one attached hydrogen (secondary N) is 1. The fraction of sp³-hybridized carbons (Fsp3) is 0.286. The minimum atomic E-state index is -4.96. The van der Waals surface area contributed by atoms with Crippen LogP contribution in [0, 0.1) is 0 Å². The quantitative estimate of drug-likeness (QED) is 0.363. The Balaban J connectivity index is 1.93. The highest BCUT2D eigenvalue weighted by Gasteiger charge is 2.37. The van der Waals surface area contributed by atoms with Crippen molar-refractivity contribution in [2.24, 2.45) is 0 Å². The van der Waals surface area contributed by atoms with Gasteiger partial charge in [0.15, 0.2) is 11.5 Å². The molecule has 0 spiro atoms. The van der Waals surface area contributed by atoms with Gasteiger partial charge in [-0.05, 0) is 42.8 Å². The Bertz CT molecular complexity index is 1100. The zero-order chi connectivity index (χ0) is 23.7. The molecule has 3 rings (SSSR count). The van der Waals surface area contributed by atoms with E-state index < -0.39 is 36.1 Å². The highest BCUT2D eigenvalue weighted by Crippen LogP contribution is 2.37. The highest BCUT2D eigenvalue weighted by atomic mass is 19.4. The molecule has 0 fully saturated rings. The van der Waals surface area contributed by atoms with E-state index in [9.17, 15) is 31.1 Å². The Labute approximate surface area is 177 Å². The van der Waals surface area contributed by atoms with Gasteiger partial charge in [-0.25, -0.2) is 4.79 Å². The Morgan fingerprint density at radius 3 is 2.06 bits per heavy atom. The first-order chi connectivity index (χ1) is 14.9. The zero-order valence-corrected chi connectivity index (χ0v) is 16.8. The van der Waals surface area contributed by atoms with Crippen LogP contribution in [0.25, 0.3) is 10.9 Å². The van der Waals surface area contributed by atoms with Gasteiger partial charge in [0, 0.05) is 11.5 Å². The fourth-order valence-electron chi connectivity index (χ4n) is 2.99. The maximum Gasteiger partial charge on any atom is 0.416 e. The molecule has 0 saturated carbocycles. The normalized spacial score (nSPS) is 12.1. The number of aromatic amines is 1. The number of halogens is 6. The third-order valence-corrected chi connectivity index (χ3v) is 4.44. The number of benzene rings is 2. The van der Waals surface area contributed by atoms with Crippen LogP contribution in [0.15, 0.2) is 36.4 Å². The van der Waals surface area contributed by atoms with Crippen LogP contribution in [0.1, 0.15) is 34.1 Å². The molecule has 0 radical (unpaired) electrons. The molecule has 3 aromatic rings. The molecule has 11 heteroatoms. The standard InChI is InChI=1S/C21H17F6NO4/c1-3-31-19(29)16-6-12-7-18(17(30-2)9-15(12)28-16)32-10-11-4-13(20(22,23)24)8-14(5-11)21(25,26)27/h4-9,28H,3,10H2,1-2H3. The van der Waals surface area contributed by atoms with E-state index in [0.29, 0.717) is 23.0 Å². The monoisotopic (exact) mass is 461 g/mol. The summed E-state index contributed by atoms with van der Waals surface area (Å²) in [5.41, 5.74) is -2.53. The molecule has 0 aliphatic heterocycles. The van der Waals surface area contributed by atoms with Crippen LogP contribution in [0.4, 0.5) is 26.3 Å². The number of fused-ring (bicyclic) bond motifs is 1. The second kappa shape index (κ2) is 8.64. The molecule has 5 nitrogen and oxygen atoms in total. The number of ether oxygens (including phenoxy) is 3. The third-order valence-electron chi connectivity index (χ3n) is 4.44. The summed E-state index contributed by atoms with van der Waals surface area (Å²) in [6, 6.07) is 5.65. The van der Waals surface area contributed by atoms with Crippen LogP contribution in [-0.2, 0) is 23.7 Å². The predicted octanol–water partition coefficient (Wildman–Crippen LogP) is 5.97. The van der Waals surface area contributed by atoms with E-state index in [1.165, 1.54) is 25.3 Å². The summed E-state index contributed by atoms with van der Waals surface area (Å²) >= 11 is 0. The lowest BCUT2D eigenvalue weighted by atomic mass is 10.1. The number of esters is 1. The number of carbonyl (C=O) groups is 1. The Morgan fingerprint density at radius 1 is 0.906 bits per heavy atom. The first kappa shape index (κ1) is 23.3. The van der Waals surface area contributed by atoms with Gasteiger partial charge in [0.25, 0.3) is 0 Å². The van der Waals surface area contributed by atoms with Crippen LogP contribution >= 0.6 is 0 Å². The molecule has 0 unspecified atom stereocenters. The van der Waals surface area contributed by atoms with E-state index in [2.05, 4.69) is 4.98 Å².